The number of phenols is 1. The lowest BCUT2D eigenvalue weighted by Crippen LogP contribution is -2.38. The van der Waals surface area contributed by atoms with Crippen molar-refractivity contribution in [3.8, 4) is 16.9 Å². The first-order valence-corrected chi connectivity index (χ1v) is 12.2. The first-order chi connectivity index (χ1) is 14.9. The topological polar surface area (TPSA) is 95.9 Å². The predicted molar refractivity (Wildman–Crippen MR) is 128 cm³/mol. The van der Waals surface area contributed by atoms with Crippen LogP contribution < -0.4 is 16.0 Å². The normalized spacial score (nSPS) is 15.2. The summed E-state index contributed by atoms with van der Waals surface area (Å²) in [4.78, 5) is 6.97. The van der Waals surface area contributed by atoms with Gasteiger partial charge in [-0.15, -0.1) is 0 Å². The van der Waals surface area contributed by atoms with Crippen LogP contribution in [0.3, 0.4) is 0 Å². The fourth-order valence-electron chi connectivity index (χ4n) is 4.05. The zero-order valence-corrected chi connectivity index (χ0v) is 19.2. The third kappa shape index (κ3) is 4.27. The standard InChI is InChI=1S/C23H31N5O2S/c1-15(2)12-25-22-18(11-24)19(17-5-4-16(3)10-20(17)29)14-28-21(13-26-23(22)28)27-6-8-31(30)9-7-27/h4-5,10,13-15,25,29H,6-9,11-12,24H2,1-3H3. The maximum atomic E-state index is 11.8. The Hall–Kier alpha value is -2.58. The molecule has 0 radical (unpaired) electrons. The van der Waals surface area contributed by atoms with Crippen molar-refractivity contribution < 1.29 is 9.32 Å². The van der Waals surface area contributed by atoms with Crippen LogP contribution >= 0.6 is 0 Å². The molecule has 8 heteroatoms. The molecule has 3 heterocycles. The Morgan fingerprint density at radius 2 is 2.00 bits per heavy atom. The number of nitrogens with two attached hydrogens (primary N) is 1. The Bertz CT molecular complexity index is 1110. The van der Waals surface area contributed by atoms with Gasteiger partial charge in [-0.3, -0.25) is 8.61 Å². The number of fused-ring (bicyclic) bond motifs is 1. The lowest BCUT2D eigenvalue weighted by molar-refractivity contribution is 0.477. The van der Waals surface area contributed by atoms with Crippen LogP contribution in [0.2, 0.25) is 0 Å². The Morgan fingerprint density at radius 3 is 2.65 bits per heavy atom. The van der Waals surface area contributed by atoms with Crippen molar-refractivity contribution in [1.29, 1.82) is 0 Å². The van der Waals surface area contributed by atoms with Crippen molar-refractivity contribution in [1.82, 2.24) is 9.38 Å². The maximum Gasteiger partial charge on any atom is 0.162 e. The summed E-state index contributed by atoms with van der Waals surface area (Å²) in [5.41, 5.74) is 11.5. The monoisotopic (exact) mass is 441 g/mol. The van der Waals surface area contributed by atoms with Gasteiger partial charge in [0.2, 0.25) is 0 Å². The third-order valence-corrected chi connectivity index (χ3v) is 7.00. The molecule has 1 aromatic carbocycles. The molecule has 1 saturated heterocycles. The van der Waals surface area contributed by atoms with Crippen LogP contribution in [0.15, 0.2) is 30.6 Å². The fourth-order valence-corrected chi connectivity index (χ4v) is 5.10. The van der Waals surface area contributed by atoms with Gasteiger partial charge in [0.15, 0.2) is 5.65 Å². The highest BCUT2D eigenvalue weighted by Crippen LogP contribution is 2.38. The van der Waals surface area contributed by atoms with Gasteiger partial charge < -0.3 is 21.1 Å². The number of aromatic hydroxyl groups is 1. The molecule has 2 aromatic heterocycles. The number of hydrogen-bond donors (Lipinski definition) is 3. The van der Waals surface area contributed by atoms with Crippen LogP contribution in [0.1, 0.15) is 25.0 Å². The highest BCUT2D eigenvalue weighted by molar-refractivity contribution is 7.85. The molecular formula is C23H31N5O2S. The average molecular weight is 442 g/mol. The third-order valence-electron chi connectivity index (χ3n) is 5.72. The second-order valence-electron chi connectivity index (χ2n) is 8.54. The van der Waals surface area contributed by atoms with E-state index in [1.54, 1.807) is 6.07 Å². The van der Waals surface area contributed by atoms with Crippen LogP contribution in [0.5, 0.6) is 5.75 Å². The number of anilines is 2. The molecule has 166 valence electrons. The maximum absolute atomic E-state index is 11.8. The number of nitrogens with zero attached hydrogens (tertiary/aromatic N) is 3. The number of pyridine rings is 1. The van der Waals surface area contributed by atoms with E-state index >= 15 is 0 Å². The molecule has 4 N–H and O–H groups in total. The smallest absolute Gasteiger partial charge is 0.162 e. The van der Waals surface area contributed by atoms with Crippen LogP contribution in [0.4, 0.5) is 11.5 Å². The number of nitrogens with one attached hydrogen (secondary N) is 1. The molecular weight excluding hydrogens is 410 g/mol. The van der Waals surface area contributed by atoms with Crippen LogP contribution in [0, 0.1) is 12.8 Å². The lowest BCUT2D eigenvalue weighted by atomic mass is 9.98. The molecule has 0 spiro atoms. The number of hydrogen-bond acceptors (Lipinski definition) is 6. The van der Waals surface area contributed by atoms with Gasteiger partial charge in [-0.2, -0.15) is 0 Å². The van der Waals surface area contributed by atoms with E-state index in [9.17, 15) is 9.32 Å². The van der Waals surface area contributed by atoms with Gasteiger partial charge in [0.05, 0.1) is 11.9 Å². The van der Waals surface area contributed by atoms with Gasteiger partial charge in [0.1, 0.15) is 11.6 Å². The summed E-state index contributed by atoms with van der Waals surface area (Å²) in [6.45, 7) is 8.86. The number of phenolic OH excluding ortho intramolecular Hbond substituents is 1. The summed E-state index contributed by atoms with van der Waals surface area (Å²) >= 11 is 0. The molecule has 0 amide bonds. The molecule has 1 fully saturated rings. The zero-order valence-electron chi connectivity index (χ0n) is 18.4. The molecule has 1 aliphatic heterocycles. The summed E-state index contributed by atoms with van der Waals surface area (Å²) < 4.78 is 13.9. The highest BCUT2D eigenvalue weighted by Gasteiger charge is 2.23. The number of benzene rings is 1. The van der Waals surface area contributed by atoms with Gasteiger partial charge in [-0.25, -0.2) is 4.98 Å². The van der Waals surface area contributed by atoms with Crippen LogP contribution in [-0.4, -0.2) is 49.8 Å². The summed E-state index contributed by atoms with van der Waals surface area (Å²) in [5.74, 6) is 2.99. The van der Waals surface area contributed by atoms with E-state index in [-0.39, 0.29) is 5.75 Å². The minimum Gasteiger partial charge on any atom is -0.507 e. The average Bonchev–Trinajstić information content (AvgIpc) is 3.15. The molecule has 4 rings (SSSR count). The largest absolute Gasteiger partial charge is 0.507 e. The molecule has 1 aliphatic rings. The second kappa shape index (κ2) is 8.88. The first kappa shape index (κ1) is 21.6. The Kier molecular flexibility index (Phi) is 6.20. The van der Waals surface area contributed by atoms with Crippen LogP contribution in [0.25, 0.3) is 16.8 Å². The lowest BCUT2D eigenvalue weighted by Gasteiger charge is -2.28. The number of aryl methyl sites for hydroxylation is 1. The number of aromatic nitrogens is 2. The molecule has 0 saturated carbocycles. The Morgan fingerprint density at radius 1 is 1.26 bits per heavy atom. The summed E-state index contributed by atoms with van der Waals surface area (Å²) in [7, 11) is -0.747. The molecule has 0 bridgehead atoms. The van der Waals surface area contributed by atoms with E-state index in [1.807, 2.05) is 31.5 Å². The Balaban J connectivity index is 1.92. The highest BCUT2D eigenvalue weighted by atomic mass is 32.2. The van der Waals surface area contributed by atoms with Gasteiger partial charge in [-0.1, -0.05) is 26.0 Å². The van der Waals surface area contributed by atoms with Crippen molar-refractivity contribution in [3.05, 3.63) is 41.7 Å². The number of rotatable bonds is 6. The van der Waals surface area contributed by atoms with Gasteiger partial charge in [-0.05, 0) is 24.5 Å². The Labute approximate surface area is 185 Å². The quantitative estimate of drug-likeness (QED) is 0.544. The van der Waals surface area contributed by atoms with Gasteiger partial charge >= 0.3 is 0 Å². The minimum atomic E-state index is -0.747. The van der Waals surface area contributed by atoms with E-state index in [1.165, 1.54) is 0 Å². The summed E-state index contributed by atoms with van der Waals surface area (Å²) in [5, 5.41) is 14.3. The van der Waals surface area contributed by atoms with E-state index < -0.39 is 10.8 Å². The van der Waals surface area contributed by atoms with Crippen molar-refractivity contribution >= 4 is 28.0 Å². The molecule has 7 nitrogen and oxygen atoms in total. The van der Waals surface area contributed by atoms with E-state index in [0.717, 1.165) is 59.0 Å². The molecule has 0 aliphatic carbocycles. The van der Waals surface area contributed by atoms with Crippen molar-refractivity contribution in [3.63, 3.8) is 0 Å². The van der Waals surface area contributed by atoms with Crippen molar-refractivity contribution in [2.75, 3.05) is 41.4 Å². The SMILES string of the molecule is Cc1ccc(-c2cn3c(N4CCS(=O)CC4)cnc3c(NCC(C)C)c2CN)c(O)c1. The zero-order chi connectivity index (χ0) is 22.1. The van der Waals surface area contributed by atoms with E-state index in [4.69, 9.17) is 10.7 Å². The molecule has 0 unspecified atom stereocenters. The van der Waals surface area contributed by atoms with Crippen molar-refractivity contribution in [2.24, 2.45) is 11.7 Å². The van der Waals surface area contributed by atoms with Crippen LogP contribution in [-0.2, 0) is 17.3 Å². The summed E-state index contributed by atoms with van der Waals surface area (Å²) in [6.07, 6.45) is 3.90. The number of imidazole rings is 1. The van der Waals surface area contributed by atoms with Gasteiger partial charge in [0, 0.05) is 71.4 Å². The second-order valence-corrected chi connectivity index (χ2v) is 10.2. The van der Waals surface area contributed by atoms with Gasteiger partial charge in [0.25, 0.3) is 0 Å². The predicted octanol–water partition coefficient (Wildman–Crippen LogP) is 3.11. The first-order valence-electron chi connectivity index (χ1n) is 10.8. The summed E-state index contributed by atoms with van der Waals surface area (Å²) in [6, 6.07) is 5.71. The molecule has 3 aromatic rings. The van der Waals surface area contributed by atoms with Crippen molar-refractivity contribution in [2.45, 2.75) is 27.3 Å². The molecule has 31 heavy (non-hydrogen) atoms. The van der Waals surface area contributed by atoms with E-state index in [0.29, 0.717) is 24.0 Å². The fraction of sp³-hybridized carbons (Fsp3) is 0.435. The minimum absolute atomic E-state index is 0.235. The van der Waals surface area contributed by atoms with E-state index in [2.05, 4.69) is 28.5 Å². The molecule has 0 atom stereocenters.